The first-order chi connectivity index (χ1) is 37.8. The van der Waals surface area contributed by atoms with Crippen molar-refractivity contribution < 1.29 is 24.6 Å². The molecular formula is C69H105N3O5. The maximum atomic E-state index is 14.0. The summed E-state index contributed by atoms with van der Waals surface area (Å²) < 4.78 is 0. The topological polar surface area (TPSA) is 128 Å². The number of hydrogen-bond donors (Lipinski definition) is 5. The molecule has 0 fully saturated rings. The second-order valence-corrected chi connectivity index (χ2v) is 19.8. The molecule has 8 nitrogen and oxygen atoms in total. The second kappa shape index (κ2) is 52.5. The third-order valence-electron chi connectivity index (χ3n) is 12.9. The first kappa shape index (κ1) is 69.4. The number of amides is 3. The first-order valence-corrected chi connectivity index (χ1v) is 29.8. The van der Waals surface area contributed by atoms with E-state index in [4.69, 9.17) is 0 Å². The molecule has 1 aromatic carbocycles. The van der Waals surface area contributed by atoms with E-state index in [1.54, 1.807) is 0 Å². The number of rotatable bonds is 48. The van der Waals surface area contributed by atoms with Crippen molar-refractivity contribution in [2.45, 2.75) is 212 Å². The molecule has 426 valence electrons. The van der Waals surface area contributed by atoms with Crippen LogP contribution in [0.4, 0.5) is 0 Å². The van der Waals surface area contributed by atoms with Gasteiger partial charge in [0, 0.05) is 19.4 Å². The van der Waals surface area contributed by atoms with Gasteiger partial charge in [-0.15, -0.1) is 0 Å². The second-order valence-electron chi connectivity index (χ2n) is 19.8. The average Bonchev–Trinajstić information content (AvgIpc) is 3.44. The van der Waals surface area contributed by atoms with E-state index in [0.29, 0.717) is 57.9 Å². The van der Waals surface area contributed by atoms with Gasteiger partial charge in [0.2, 0.25) is 17.7 Å². The lowest BCUT2D eigenvalue weighted by molar-refractivity contribution is -0.131. The van der Waals surface area contributed by atoms with Crippen molar-refractivity contribution in [1.29, 1.82) is 0 Å². The van der Waals surface area contributed by atoms with Crippen LogP contribution < -0.4 is 16.0 Å². The Kier molecular flexibility index (Phi) is 47.3. The van der Waals surface area contributed by atoms with Gasteiger partial charge in [-0.1, -0.05) is 223 Å². The van der Waals surface area contributed by atoms with Gasteiger partial charge in [-0.05, 0) is 146 Å². The van der Waals surface area contributed by atoms with Gasteiger partial charge < -0.3 is 26.2 Å². The van der Waals surface area contributed by atoms with Crippen molar-refractivity contribution in [2.24, 2.45) is 0 Å². The van der Waals surface area contributed by atoms with Gasteiger partial charge in [0.25, 0.3) is 0 Å². The van der Waals surface area contributed by atoms with E-state index in [-0.39, 0.29) is 18.2 Å². The summed E-state index contributed by atoms with van der Waals surface area (Å²) in [6, 6.07) is 7.63. The summed E-state index contributed by atoms with van der Waals surface area (Å²) in [5.74, 6) is -0.707. The lowest BCUT2D eigenvalue weighted by atomic mass is 9.91. The Bertz CT molecular complexity index is 1990. The van der Waals surface area contributed by atoms with Crippen LogP contribution in [-0.2, 0) is 27.2 Å². The molecule has 0 unspecified atom stereocenters. The normalized spacial score (nSPS) is 13.3. The molecule has 0 heterocycles. The molecule has 0 aliphatic carbocycles. The molecule has 0 spiro atoms. The van der Waals surface area contributed by atoms with Crippen LogP contribution >= 0.6 is 0 Å². The molecule has 0 aliphatic heterocycles. The minimum atomic E-state index is -1.26. The fourth-order valence-electron chi connectivity index (χ4n) is 8.10. The maximum Gasteiger partial charge on any atom is 0.243 e. The van der Waals surface area contributed by atoms with Gasteiger partial charge in [0.1, 0.15) is 6.04 Å². The highest BCUT2D eigenvalue weighted by Gasteiger charge is 2.33. The summed E-state index contributed by atoms with van der Waals surface area (Å²) in [5, 5.41) is 30.0. The summed E-state index contributed by atoms with van der Waals surface area (Å²) in [7, 11) is 0. The van der Waals surface area contributed by atoms with Gasteiger partial charge in [-0.25, -0.2) is 0 Å². The predicted octanol–water partition coefficient (Wildman–Crippen LogP) is 16.1. The summed E-state index contributed by atoms with van der Waals surface area (Å²) in [6.45, 7) is 6.10. The van der Waals surface area contributed by atoms with E-state index in [1.165, 1.54) is 44.1 Å². The molecule has 77 heavy (non-hydrogen) atoms. The number of aryl methyl sites for hydroxylation is 2. The third kappa shape index (κ3) is 43.1. The zero-order valence-corrected chi connectivity index (χ0v) is 48.3. The number of allylic oxidation sites excluding steroid dienone is 24. The highest BCUT2D eigenvalue weighted by molar-refractivity contribution is 5.88. The highest BCUT2D eigenvalue weighted by Crippen LogP contribution is 2.18. The largest absolute Gasteiger partial charge is 0.394 e. The third-order valence-corrected chi connectivity index (χ3v) is 12.9. The quantitative estimate of drug-likeness (QED) is 0.0328. The van der Waals surface area contributed by atoms with Gasteiger partial charge >= 0.3 is 0 Å². The Morgan fingerprint density at radius 2 is 0.831 bits per heavy atom. The smallest absolute Gasteiger partial charge is 0.243 e. The van der Waals surface area contributed by atoms with E-state index in [1.807, 2.05) is 18.2 Å². The van der Waals surface area contributed by atoms with Crippen LogP contribution in [0, 0.1) is 0 Å². The van der Waals surface area contributed by atoms with E-state index >= 15 is 0 Å². The van der Waals surface area contributed by atoms with Crippen molar-refractivity contribution in [3.8, 4) is 0 Å². The number of benzene rings is 1. The van der Waals surface area contributed by atoms with E-state index in [0.717, 1.165) is 89.0 Å². The molecule has 1 rings (SSSR count). The molecule has 0 bridgehead atoms. The Morgan fingerprint density at radius 1 is 0.455 bits per heavy atom. The number of aliphatic hydroxyl groups is 2. The summed E-state index contributed by atoms with van der Waals surface area (Å²) >= 11 is 0. The molecule has 3 amide bonds. The number of unbranched alkanes of at least 4 members (excludes halogenated alkanes) is 6. The van der Waals surface area contributed by atoms with E-state index in [9.17, 15) is 24.6 Å². The zero-order valence-electron chi connectivity index (χ0n) is 48.3. The van der Waals surface area contributed by atoms with Gasteiger partial charge in [0.05, 0.1) is 18.8 Å². The summed E-state index contributed by atoms with van der Waals surface area (Å²) in [6.07, 6.45) is 75.9. The first-order valence-electron chi connectivity index (χ1n) is 29.8. The summed E-state index contributed by atoms with van der Waals surface area (Å²) in [5.41, 5.74) is 1.10. The van der Waals surface area contributed by atoms with Crippen molar-refractivity contribution >= 4 is 17.7 Å². The molecule has 5 N–H and O–H groups in total. The molecule has 0 saturated heterocycles. The molecule has 0 aromatic heterocycles. The standard InChI is InChI=1S/C69H105N3O5/c1-4-7-10-13-16-18-20-22-24-26-28-30-32-34-36-38-40-43-46-52-66(75)70-60-49-48-51-65(71-67(76)53-47-44-41-39-37-35-33-31-29-27-25-23-21-19-17-14-11-8-5-2)68(77)72-69(61-73,62-74)59-58-64-56-54-63(55-57-64)50-45-42-15-12-9-6-3/h7-8,10-11,16-19,22-25,28-31,34-37,40-41,43-44,54-57,65,73-74H,4-6,9,12-15,20-21,26-27,32-33,38-39,42,45-53,58-62H2,1-3H3,(H,70,75)(H,71,76)(H,72,77)/b10-7?,11-8-,18-16?,19-17?,24-22?,25-23?,30-28-,31-29?,36-34-,37-35-,43-40-,44-41-/t65-/m0/s1. The SMILES string of the molecule is CCC=CCC=CCC=CC/C=C\C/C=C\C/C=C\CCC(=O)NCCCC[C@H](NC(=O)CC/C=C\C/C=C\CC=CCC=CCC=CC/C=C\CC)C(=O)NC(CO)(CO)CCc1ccc(CCCCCCCC)cc1. The fraction of sp³-hybridized carbons (Fsp3) is 0.522. The van der Waals surface area contributed by atoms with Crippen molar-refractivity contribution in [2.75, 3.05) is 19.8 Å². The minimum Gasteiger partial charge on any atom is -0.394 e. The van der Waals surface area contributed by atoms with Crippen LogP contribution in [-0.4, -0.2) is 59.3 Å². The molecule has 1 aromatic rings. The maximum absolute atomic E-state index is 14.0. The predicted molar refractivity (Wildman–Crippen MR) is 331 cm³/mol. The number of aliphatic hydroxyl groups excluding tert-OH is 2. The lowest BCUT2D eigenvalue weighted by Crippen LogP contribution is -2.59. The van der Waals surface area contributed by atoms with Gasteiger partial charge in [-0.3, -0.25) is 14.4 Å². The van der Waals surface area contributed by atoms with Crippen LogP contribution in [0.3, 0.4) is 0 Å². The minimum absolute atomic E-state index is 0.0235. The number of carbonyl (C=O) groups excluding carboxylic acids is 3. The van der Waals surface area contributed by atoms with Crippen molar-refractivity contribution in [1.82, 2.24) is 16.0 Å². The van der Waals surface area contributed by atoms with Crippen LogP contribution in [0.25, 0.3) is 0 Å². The monoisotopic (exact) mass is 1060 g/mol. The van der Waals surface area contributed by atoms with Crippen LogP contribution in [0.2, 0.25) is 0 Å². The summed E-state index contributed by atoms with van der Waals surface area (Å²) in [4.78, 5) is 39.8. The number of carbonyl (C=O) groups is 3. The Morgan fingerprint density at radius 3 is 1.25 bits per heavy atom. The van der Waals surface area contributed by atoms with Gasteiger partial charge in [0.15, 0.2) is 0 Å². The molecule has 0 aliphatic rings. The van der Waals surface area contributed by atoms with E-state index in [2.05, 4.69) is 189 Å². The number of nitrogens with one attached hydrogen (secondary N) is 3. The highest BCUT2D eigenvalue weighted by atomic mass is 16.3. The van der Waals surface area contributed by atoms with E-state index < -0.39 is 30.7 Å². The molecule has 0 saturated carbocycles. The lowest BCUT2D eigenvalue weighted by Gasteiger charge is -2.33. The van der Waals surface area contributed by atoms with Gasteiger partial charge in [-0.2, -0.15) is 0 Å². The van der Waals surface area contributed by atoms with Crippen LogP contribution in [0.1, 0.15) is 199 Å². The molecule has 8 heteroatoms. The van der Waals surface area contributed by atoms with Crippen LogP contribution in [0.15, 0.2) is 170 Å². The Hall–Kier alpha value is -5.57. The Labute approximate surface area is 469 Å². The molecule has 1 atom stereocenters. The van der Waals surface area contributed by atoms with Crippen molar-refractivity contribution in [3.05, 3.63) is 181 Å². The van der Waals surface area contributed by atoms with Crippen LogP contribution in [0.5, 0.6) is 0 Å². The molecule has 0 radical (unpaired) electrons. The van der Waals surface area contributed by atoms with Crippen molar-refractivity contribution in [3.63, 3.8) is 0 Å². The fourth-order valence-corrected chi connectivity index (χ4v) is 8.10. The average molecular weight is 1060 g/mol. The number of hydrogen-bond acceptors (Lipinski definition) is 5. The molecular weight excluding hydrogens is 951 g/mol. The zero-order chi connectivity index (χ0) is 55.8. The Balaban J connectivity index is 2.66.